The molecule has 5 nitrogen and oxygen atoms in total. The summed E-state index contributed by atoms with van der Waals surface area (Å²) in [5.41, 5.74) is 1.71. The van der Waals surface area contributed by atoms with Crippen molar-refractivity contribution >= 4 is 28.3 Å². The molecule has 1 heterocycles. The van der Waals surface area contributed by atoms with Gasteiger partial charge in [0.25, 0.3) is 5.69 Å². The highest BCUT2D eigenvalue weighted by atomic mass is 32.2. The average molecular weight is 319 g/mol. The molecule has 0 aliphatic carbocycles. The molecule has 22 heavy (non-hydrogen) atoms. The zero-order valence-corrected chi connectivity index (χ0v) is 14.0. The van der Waals surface area contributed by atoms with Crippen molar-refractivity contribution in [3.63, 3.8) is 0 Å². The van der Waals surface area contributed by atoms with Crippen molar-refractivity contribution in [3.8, 4) is 0 Å². The van der Waals surface area contributed by atoms with Crippen molar-refractivity contribution in [1.82, 2.24) is 4.90 Å². The van der Waals surface area contributed by atoms with Gasteiger partial charge in [-0.25, -0.2) is 4.99 Å². The highest BCUT2D eigenvalue weighted by Crippen LogP contribution is 2.27. The van der Waals surface area contributed by atoms with E-state index in [1.54, 1.807) is 23.9 Å². The van der Waals surface area contributed by atoms with Crippen LogP contribution in [0.15, 0.2) is 34.7 Å². The van der Waals surface area contributed by atoms with Gasteiger partial charge in [0, 0.05) is 25.2 Å². The monoisotopic (exact) mass is 319 g/mol. The number of hydrogen-bond acceptors (Lipinski definition) is 4. The van der Waals surface area contributed by atoms with E-state index >= 15 is 0 Å². The van der Waals surface area contributed by atoms with Gasteiger partial charge in [-0.1, -0.05) is 31.7 Å². The van der Waals surface area contributed by atoms with E-state index in [9.17, 15) is 10.1 Å². The first-order chi connectivity index (χ1) is 10.5. The number of non-ortho nitro benzene ring substituents is 1. The molecule has 0 fully saturated rings. The number of nitro groups is 1. The van der Waals surface area contributed by atoms with Crippen molar-refractivity contribution < 1.29 is 4.92 Å². The summed E-state index contributed by atoms with van der Waals surface area (Å²) in [6.45, 7) is 8.15. The van der Waals surface area contributed by atoms with E-state index < -0.39 is 0 Å². The summed E-state index contributed by atoms with van der Waals surface area (Å²) in [6, 6.07) is 4.81. The quantitative estimate of drug-likeness (QED) is 0.605. The molecular formula is C16H21N3O2S. The van der Waals surface area contributed by atoms with Crippen LogP contribution in [0.5, 0.6) is 0 Å². The predicted octanol–water partition coefficient (Wildman–Crippen LogP) is 4.50. The second-order valence-electron chi connectivity index (χ2n) is 5.74. The Morgan fingerprint density at radius 1 is 1.45 bits per heavy atom. The standard InChI is InChI=1S/C16H21N3O2S/c1-12(2)11-18-8-4-5-9-22-16(18)17-15-7-6-14(19(20)21)10-13(15)3/h5-7,9-10,12H,4,8,11H2,1-3H3. The molecule has 0 amide bonds. The molecule has 1 aromatic rings. The highest BCUT2D eigenvalue weighted by Gasteiger charge is 2.16. The minimum absolute atomic E-state index is 0.105. The second-order valence-corrected chi connectivity index (χ2v) is 6.61. The number of amidine groups is 1. The molecule has 0 bridgehead atoms. The molecular weight excluding hydrogens is 298 g/mol. The first-order valence-electron chi connectivity index (χ1n) is 7.37. The molecule has 0 saturated carbocycles. The van der Waals surface area contributed by atoms with Crippen LogP contribution < -0.4 is 0 Å². The summed E-state index contributed by atoms with van der Waals surface area (Å²) >= 11 is 1.61. The van der Waals surface area contributed by atoms with Crippen LogP contribution in [0.25, 0.3) is 0 Å². The topological polar surface area (TPSA) is 58.7 Å². The van der Waals surface area contributed by atoms with Crippen LogP contribution in [-0.4, -0.2) is 28.1 Å². The van der Waals surface area contributed by atoms with E-state index in [4.69, 9.17) is 4.99 Å². The third kappa shape index (κ3) is 4.34. The van der Waals surface area contributed by atoms with Gasteiger partial charge in [-0.05, 0) is 36.3 Å². The average Bonchev–Trinajstić information content (AvgIpc) is 2.66. The number of aliphatic imine (C=N–C) groups is 1. The van der Waals surface area contributed by atoms with Crippen molar-refractivity contribution in [3.05, 3.63) is 45.4 Å². The maximum absolute atomic E-state index is 10.8. The zero-order valence-electron chi connectivity index (χ0n) is 13.2. The molecule has 118 valence electrons. The van der Waals surface area contributed by atoms with Crippen molar-refractivity contribution in [2.75, 3.05) is 13.1 Å². The molecule has 0 atom stereocenters. The van der Waals surface area contributed by atoms with Crippen LogP contribution in [0.2, 0.25) is 0 Å². The van der Waals surface area contributed by atoms with Crippen LogP contribution in [0, 0.1) is 23.0 Å². The minimum Gasteiger partial charge on any atom is -0.350 e. The minimum atomic E-state index is -0.377. The number of hydrogen-bond donors (Lipinski definition) is 0. The number of thioether (sulfide) groups is 1. The Labute approximate surface area is 135 Å². The molecule has 0 spiro atoms. The molecule has 0 N–H and O–H groups in total. The lowest BCUT2D eigenvalue weighted by atomic mass is 10.2. The summed E-state index contributed by atoms with van der Waals surface area (Å²) in [5.74, 6) is 0.557. The third-order valence-corrected chi connectivity index (χ3v) is 4.19. The molecule has 0 saturated heterocycles. The van der Waals surface area contributed by atoms with Crippen LogP contribution in [0.1, 0.15) is 25.8 Å². The van der Waals surface area contributed by atoms with Crippen LogP contribution in [0.4, 0.5) is 11.4 Å². The van der Waals surface area contributed by atoms with Crippen LogP contribution in [-0.2, 0) is 0 Å². The maximum Gasteiger partial charge on any atom is 0.269 e. The Morgan fingerprint density at radius 3 is 2.86 bits per heavy atom. The smallest absolute Gasteiger partial charge is 0.269 e. The summed E-state index contributed by atoms with van der Waals surface area (Å²) in [4.78, 5) is 17.5. The van der Waals surface area contributed by atoms with Gasteiger partial charge in [0.05, 0.1) is 10.6 Å². The van der Waals surface area contributed by atoms with Gasteiger partial charge in [-0.3, -0.25) is 10.1 Å². The number of benzene rings is 1. The number of nitrogens with zero attached hydrogens (tertiary/aromatic N) is 3. The summed E-state index contributed by atoms with van der Waals surface area (Å²) in [5, 5.41) is 13.8. The molecule has 1 aromatic carbocycles. The fourth-order valence-electron chi connectivity index (χ4n) is 2.27. The molecule has 1 aliphatic heterocycles. The van der Waals surface area contributed by atoms with Gasteiger partial charge >= 0.3 is 0 Å². The summed E-state index contributed by atoms with van der Waals surface area (Å²) < 4.78 is 0. The maximum atomic E-state index is 10.8. The first kappa shape index (κ1) is 16.5. The van der Waals surface area contributed by atoms with E-state index in [1.165, 1.54) is 6.07 Å². The SMILES string of the molecule is Cc1cc([N+](=O)[O-])ccc1N=C1SC=CCCN1CC(C)C. The van der Waals surface area contributed by atoms with E-state index in [1.807, 2.05) is 6.92 Å². The lowest BCUT2D eigenvalue weighted by Crippen LogP contribution is -2.32. The first-order valence-corrected chi connectivity index (χ1v) is 8.25. The van der Waals surface area contributed by atoms with Crippen LogP contribution >= 0.6 is 11.8 Å². The zero-order chi connectivity index (χ0) is 16.1. The van der Waals surface area contributed by atoms with E-state index in [2.05, 4.69) is 30.2 Å². The van der Waals surface area contributed by atoms with E-state index in [-0.39, 0.29) is 10.6 Å². The Kier molecular flexibility index (Phi) is 5.60. The fourth-order valence-corrected chi connectivity index (χ4v) is 3.09. The number of aryl methyl sites for hydroxylation is 1. The number of nitro benzene ring substituents is 1. The van der Waals surface area contributed by atoms with Gasteiger partial charge in [-0.15, -0.1) is 0 Å². The molecule has 1 aliphatic rings. The Hall–Kier alpha value is -1.82. The van der Waals surface area contributed by atoms with E-state index in [0.717, 1.165) is 35.9 Å². The lowest BCUT2D eigenvalue weighted by Gasteiger charge is -2.25. The van der Waals surface area contributed by atoms with Gasteiger partial charge in [0.15, 0.2) is 5.17 Å². The molecule has 0 aromatic heterocycles. The second kappa shape index (κ2) is 7.45. The van der Waals surface area contributed by atoms with Crippen molar-refractivity contribution in [2.24, 2.45) is 10.9 Å². The lowest BCUT2D eigenvalue weighted by molar-refractivity contribution is -0.384. The third-order valence-electron chi connectivity index (χ3n) is 3.30. The summed E-state index contributed by atoms with van der Waals surface area (Å²) in [7, 11) is 0. The molecule has 0 radical (unpaired) electrons. The Bertz CT molecular complexity index is 611. The predicted molar refractivity (Wildman–Crippen MR) is 92.7 cm³/mol. The van der Waals surface area contributed by atoms with Crippen LogP contribution in [0.3, 0.4) is 0 Å². The number of rotatable bonds is 4. The van der Waals surface area contributed by atoms with Gasteiger partial charge in [-0.2, -0.15) is 0 Å². The fraction of sp³-hybridized carbons (Fsp3) is 0.438. The normalized spacial score (nSPS) is 17.1. The van der Waals surface area contributed by atoms with E-state index in [0.29, 0.717) is 5.92 Å². The highest BCUT2D eigenvalue weighted by molar-refractivity contribution is 8.16. The summed E-state index contributed by atoms with van der Waals surface area (Å²) in [6.07, 6.45) is 3.17. The van der Waals surface area contributed by atoms with Crippen molar-refractivity contribution in [1.29, 1.82) is 0 Å². The Balaban J connectivity index is 2.31. The Morgan fingerprint density at radius 2 is 2.23 bits per heavy atom. The largest absolute Gasteiger partial charge is 0.350 e. The molecule has 0 unspecified atom stereocenters. The van der Waals surface area contributed by atoms with Gasteiger partial charge in [0.2, 0.25) is 0 Å². The molecule has 6 heteroatoms. The molecule has 2 rings (SSSR count). The van der Waals surface area contributed by atoms with Crippen molar-refractivity contribution in [2.45, 2.75) is 27.2 Å². The van der Waals surface area contributed by atoms with Gasteiger partial charge in [0.1, 0.15) is 0 Å². The van der Waals surface area contributed by atoms with Gasteiger partial charge < -0.3 is 4.90 Å².